The van der Waals surface area contributed by atoms with E-state index in [1.54, 1.807) is 45.2 Å². The topological polar surface area (TPSA) is 46.2 Å². The summed E-state index contributed by atoms with van der Waals surface area (Å²) in [5.74, 6) is -5.21. The van der Waals surface area contributed by atoms with Crippen LogP contribution in [0.15, 0.2) is 12.1 Å². The molecule has 18 heavy (non-hydrogen) atoms. The normalized spacial score (nSPS) is 14.7. The number of benzene rings is 1. The Morgan fingerprint density at radius 1 is 1.06 bits per heavy atom. The van der Waals surface area contributed by atoms with E-state index in [2.05, 4.69) is 0 Å². The van der Waals surface area contributed by atoms with E-state index in [4.69, 9.17) is 5.73 Å². The number of hydrogen-bond acceptors (Lipinski definition) is 2. The molecule has 0 saturated heterocycles. The van der Waals surface area contributed by atoms with E-state index in [0.717, 1.165) is 12.1 Å². The van der Waals surface area contributed by atoms with Gasteiger partial charge < -0.3 is 10.8 Å². The molecule has 0 aromatic heterocycles. The van der Waals surface area contributed by atoms with Gasteiger partial charge in [0.15, 0.2) is 0 Å². The maximum absolute atomic E-state index is 13.1. The second-order valence-electron chi connectivity index (χ2n) is 3.43. The molecular formula is C9H6F5I2NO. The Hall–Kier alpha value is 0.0900. The van der Waals surface area contributed by atoms with Crippen molar-refractivity contribution in [3.05, 3.63) is 24.8 Å². The highest BCUT2D eigenvalue weighted by Crippen LogP contribution is 2.44. The molecule has 2 nitrogen and oxygen atoms in total. The van der Waals surface area contributed by atoms with Gasteiger partial charge in [-0.1, -0.05) is 0 Å². The predicted octanol–water partition coefficient (Wildman–Crippen LogP) is 3.80. The molecule has 0 unspecified atom stereocenters. The minimum Gasteiger partial charge on any atom is -0.506 e. The number of hydrogen-bond donors (Lipinski definition) is 2. The first-order chi connectivity index (χ1) is 7.98. The molecule has 0 spiro atoms. The van der Waals surface area contributed by atoms with Crippen molar-refractivity contribution in [1.82, 2.24) is 0 Å². The fourth-order valence-electron chi connectivity index (χ4n) is 1.15. The minimum absolute atomic E-state index is 0.155. The first kappa shape index (κ1) is 16.1. The van der Waals surface area contributed by atoms with E-state index in [9.17, 15) is 27.1 Å². The highest BCUT2D eigenvalue weighted by Gasteiger charge is 2.61. The van der Waals surface area contributed by atoms with E-state index < -0.39 is 18.1 Å². The Morgan fingerprint density at radius 2 is 1.44 bits per heavy atom. The highest BCUT2D eigenvalue weighted by molar-refractivity contribution is 14.1. The van der Waals surface area contributed by atoms with Crippen LogP contribution in [-0.2, 0) is 0 Å². The third kappa shape index (κ3) is 2.98. The lowest BCUT2D eigenvalue weighted by Gasteiger charge is -2.26. The van der Waals surface area contributed by atoms with Crippen LogP contribution in [0, 0.1) is 7.14 Å². The second kappa shape index (κ2) is 5.23. The summed E-state index contributed by atoms with van der Waals surface area (Å²) in [6.07, 6.45) is -5.72. The maximum atomic E-state index is 13.1. The molecule has 3 N–H and O–H groups in total. The zero-order valence-electron chi connectivity index (χ0n) is 8.40. The van der Waals surface area contributed by atoms with Gasteiger partial charge in [0.2, 0.25) is 0 Å². The summed E-state index contributed by atoms with van der Waals surface area (Å²) in [5.41, 5.74) is 4.60. The number of nitrogens with two attached hydrogens (primary N) is 1. The third-order valence-corrected chi connectivity index (χ3v) is 3.81. The maximum Gasteiger partial charge on any atom is 0.455 e. The summed E-state index contributed by atoms with van der Waals surface area (Å²) in [4.78, 5) is 0. The lowest BCUT2D eigenvalue weighted by atomic mass is 10.0. The molecular weight excluding hydrogens is 487 g/mol. The average Bonchev–Trinajstić information content (AvgIpc) is 2.22. The van der Waals surface area contributed by atoms with Crippen molar-refractivity contribution in [2.75, 3.05) is 0 Å². The van der Waals surface area contributed by atoms with Crippen LogP contribution in [0.25, 0.3) is 0 Å². The number of rotatable bonds is 2. The summed E-state index contributed by atoms with van der Waals surface area (Å²) < 4.78 is 62.9. The lowest BCUT2D eigenvalue weighted by Crippen LogP contribution is -2.45. The molecule has 0 amide bonds. The monoisotopic (exact) mass is 493 g/mol. The number of halogens is 7. The predicted molar refractivity (Wildman–Crippen MR) is 71.5 cm³/mol. The van der Waals surface area contributed by atoms with Crippen LogP contribution in [-0.4, -0.2) is 17.2 Å². The van der Waals surface area contributed by atoms with Gasteiger partial charge in [-0.3, -0.25) is 0 Å². The first-order valence-corrected chi connectivity index (χ1v) is 6.52. The molecule has 0 fully saturated rings. The van der Waals surface area contributed by atoms with Gasteiger partial charge in [0.05, 0.1) is 7.14 Å². The van der Waals surface area contributed by atoms with Gasteiger partial charge in [0.25, 0.3) is 0 Å². The van der Waals surface area contributed by atoms with E-state index in [1.807, 2.05) is 0 Å². The van der Waals surface area contributed by atoms with Crippen molar-refractivity contribution >= 4 is 45.2 Å². The quantitative estimate of drug-likeness (QED) is 0.487. The highest BCUT2D eigenvalue weighted by atomic mass is 127. The van der Waals surface area contributed by atoms with Crippen LogP contribution in [0.5, 0.6) is 5.75 Å². The lowest BCUT2D eigenvalue weighted by molar-refractivity contribution is -0.291. The smallest absolute Gasteiger partial charge is 0.455 e. The average molecular weight is 493 g/mol. The van der Waals surface area contributed by atoms with E-state index in [-0.39, 0.29) is 18.5 Å². The number of aromatic hydroxyl groups is 1. The van der Waals surface area contributed by atoms with E-state index >= 15 is 0 Å². The van der Waals surface area contributed by atoms with Gasteiger partial charge in [-0.15, -0.1) is 0 Å². The molecule has 9 heteroatoms. The van der Waals surface area contributed by atoms with Crippen molar-refractivity contribution in [2.45, 2.75) is 18.1 Å². The summed E-state index contributed by atoms with van der Waals surface area (Å²) >= 11 is 3.24. The van der Waals surface area contributed by atoms with Crippen LogP contribution in [0.3, 0.4) is 0 Å². The summed E-state index contributed by atoms with van der Waals surface area (Å²) in [6, 6.07) is -0.509. The fourth-order valence-corrected chi connectivity index (χ4v) is 2.97. The SMILES string of the molecule is N[C@H](c1cc(I)c(O)c(I)c1)C(F)(F)C(F)(F)F. The van der Waals surface area contributed by atoms with Crippen LogP contribution in [0.4, 0.5) is 22.0 Å². The Kier molecular flexibility index (Phi) is 4.69. The molecule has 1 atom stereocenters. The van der Waals surface area contributed by atoms with Gasteiger partial charge in [-0.2, -0.15) is 22.0 Å². The molecule has 0 bridgehead atoms. The minimum atomic E-state index is -5.72. The Bertz CT molecular complexity index is 440. The number of phenolic OH excluding ortho intramolecular Hbond substituents is 1. The van der Waals surface area contributed by atoms with Gasteiger partial charge in [-0.25, -0.2) is 0 Å². The summed E-state index contributed by atoms with van der Waals surface area (Å²) in [6.45, 7) is 0. The second-order valence-corrected chi connectivity index (χ2v) is 5.76. The molecule has 1 rings (SSSR count). The fraction of sp³-hybridized carbons (Fsp3) is 0.333. The zero-order chi connectivity index (χ0) is 14.3. The van der Waals surface area contributed by atoms with Gasteiger partial charge in [-0.05, 0) is 62.9 Å². The summed E-state index contributed by atoms with van der Waals surface area (Å²) in [7, 11) is 0. The van der Waals surface area contributed by atoms with Crippen LogP contribution in [0.2, 0.25) is 0 Å². The molecule has 0 saturated carbocycles. The number of phenols is 1. The molecule has 1 aromatic carbocycles. The largest absolute Gasteiger partial charge is 0.506 e. The summed E-state index contributed by atoms with van der Waals surface area (Å²) in [5, 5.41) is 9.41. The Morgan fingerprint density at radius 3 is 1.78 bits per heavy atom. The Balaban J connectivity index is 3.24. The van der Waals surface area contributed by atoms with Crippen LogP contribution in [0.1, 0.15) is 11.6 Å². The molecule has 0 aliphatic rings. The van der Waals surface area contributed by atoms with Gasteiger partial charge in [0.1, 0.15) is 11.8 Å². The van der Waals surface area contributed by atoms with Crippen molar-refractivity contribution < 1.29 is 27.1 Å². The standard InChI is InChI=1S/C9H6F5I2NO/c10-8(11,9(12,13)14)7(17)3-1-4(15)6(18)5(16)2-3/h1-2,7,18H,17H2/t7-/m1/s1. The Labute approximate surface area is 126 Å². The molecule has 0 aliphatic carbocycles. The number of alkyl halides is 5. The molecule has 0 heterocycles. The van der Waals surface area contributed by atoms with Crippen molar-refractivity contribution in [3.8, 4) is 5.75 Å². The van der Waals surface area contributed by atoms with Crippen molar-refractivity contribution in [2.24, 2.45) is 5.73 Å². The van der Waals surface area contributed by atoms with E-state index in [1.165, 1.54) is 0 Å². The molecule has 102 valence electrons. The van der Waals surface area contributed by atoms with Crippen molar-refractivity contribution in [3.63, 3.8) is 0 Å². The molecule has 0 aliphatic heterocycles. The first-order valence-electron chi connectivity index (χ1n) is 4.36. The third-order valence-electron chi connectivity index (χ3n) is 2.17. The zero-order valence-corrected chi connectivity index (χ0v) is 12.7. The molecule has 0 radical (unpaired) electrons. The van der Waals surface area contributed by atoms with Gasteiger partial charge >= 0.3 is 12.1 Å². The van der Waals surface area contributed by atoms with Crippen LogP contribution < -0.4 is 5.73 Å². The van der Waals surface area contributed by atoms with Crippen LogP contribution >= 0.6 is 45.2 Å². The van der Waals surface area contributed by atoms with Gasteiger partial charge in [0, 0.05) is 0 Å². The van der Waals surface area contributed by atoms with E-state index in [0.29, 0.717) is 0 Å². The molecule has 1 aromatic rings. The van der Waals surface area contributed by atoms with Crippen molar-refractivity contribution in [1.29, 1.82) is 0 Å².